The number of fused-ring (bicyclic) bond motifs is 2. The average Bonchev–Trinajstić information content (AvgIpc) is 2.77. The third-order valence-corrected chi connectivity index (χ3v) is 4.19. The average molecular weight is 325 g/mol. The summed E-state index contributed by atoms with van der Waals surface area (Å²) in [6, 6.07) is 7.24. The minimum atomic E-state index is -0.629. The first kappa shape index (κ1) is 16.6. The summed E-state index contributed by atoms with van der Waals surface area (Å²) in [5.74, 6) is 0.0115. The lowest BCUT2D eigenvalue weighted by atomic mass is 10.1. The van der Waals surface area contributed by atoms with E-state index < -0.39 is 6.03 Å². The molecule has 1 aromatic carbocycles. The van der Waals surface area contributed by atoms with Gasteiger partial charge in [-0.25, -0.2) is 4.79 Å². The number of nitrogens with two attached hydrogens (primary N) is 1. The number of hydrogen-bond acceptors (Lipinski definition) is 3. The number of nitrogens with zero attached hydrogens (tertiary/aromatic N) is 1. The van der Waals surface area contributed by atoms with Gasteiger partial charge in [0.1, 0.15) is 0 Å². The Morgan fingerprint density at radius 3 is 2.77 bits per heavy atom. The molecular formula is C15H21ClN4O2. The first-order chi connectivity index (χ1) is 10.1. The third kappa shape index (κ3) is 3.69. The number of carbonyl (C=O) groups excluding carboxylic acids is 2. The monoisotopic (exact) mass is 324 g/mol. The molecule has 2 atom stereocenters. The van der Waals surface area contributed by atoms with Crippen LogP contribution in [0.5, 0.6) is 0 Å². The van der Waals surface area contributed by atoms with Gasteiger partial charge < -0.3 is 21.3 Å². The van der Waals surface area contributed by atoms with Gasteiger partial charge >= 0.3 is 6.03 Å². The van der Waals surface area contributed by atoms with Gasteiger partial charge in [-0.05, 0) is 37.5 Å². The molecule has 0 radical (unpaired) electrons. The van der Waals surface area contributed by atoms with Crippen molar-refractivity contribution in [1.29, 1.82) is 0 Å². The van der Waals surface area contributed by atoms with Crippen LogP contribution in [0.15, 0.2) is 24.3 Å². The Balaban J connectivity index is 0.00000176. The smallest absolute Gasteiger partial charge is 0.316 e. The molecule has 1 aromatic rings. The molecule has 120 valence electrons. The Morgan fingerprint density at radius 1 is 1.23 bits per heavy atom. The van der Waals surface area contributed by atoms with E-state index in [4.69, 9.17) is 5.73 Å². The maximum atomic E-state index is 12.6. The van der Waals surface area contributed by atoms with E-state index in [-0.39, 0.29) is 18.3 Å². The van der Waals surface area contributed by atoms with Gasteiger partial charge in [-0.3, -0.25) is 4.79 Å². The fraction of sp³-hybridized carbons (Fsp3) is 0.467. The van der Waals surface area contributed by atoms with Crippen LogP contribution in [0.3, 0.4) is 0 Å². The maximum absolute atomic E-state index is 12.6. The normalized spacial score (nSPS) is 23.4. The molecule has 4 N–H and O–H groups in total. The van der Waals surface area contributed by atoms with Gasteiger partial charge in [0.2, 0.25) is 0 Å². The molecule has 0 spiro atoms. The number of carbonyl (C=O) groups is 2. The molecule has 3 rings (SSSR count). The minimum Gasteiger partial charge on any atom is -0.351 e. The van der Waals surface area contributed by atoms with E-state index in [1.807, 2.05) is 4.90 Å². The Hall–Kier alpha value is -1.79. The van der Waals surface area contributed by atoms with Crippen LogP contribution in [0.25, 0.3) is 0 Å². The van der Waals surface area contributed by atoms with Crippen molar-refractivity contribution in [2.75, 3.05) is 18.4 Å². The number of anilines is 1. The van der Waals surface area contributed by atoms with Crippen LogP contribution in [0, 0.1) is 0 Å². The molecule has 2 bridgehead atoms. The van der Waals surface area contributed by atoms with Crippen molar-refractivity contribution in [3.05, 3.63) is 29.8 Å². The topological polar surface area (TPSA) is 87.5 Å². The van der Waals surface area contributed by atoms with E-state index >= 15 is 0 Å². The quantitative estimate of drug-likeness (QED) is 0.771. The first-order valence-corrected chi connectivity index (χ1v) is 7.33. The second-order valence-electron chi connectivity index (χ2n) is 5.75. The largest absolute Gasteiger partial charge is 0.351 e. The highest BCUT2D eigenvalue weighted by molar-refractivity contribution is 5.96. The number of halogens is 1. The standard InChI is InChI=1S/C15H20N4O2.ClH/c16-15(21)18-12-3-1-2-10(8-12)14(20)19-7-6-11-4-5-13(9-19)17-11;/h1-3,8,11,13,17H,4-7,9H2,(H3,16,18,21);1H. The fourth-order valence-corrected chi connectivity index (χ4v) is 3.18. The maximum Gasteiger partial charge on any atom is 0.316 e. The number of rotatable bonds is 2. The van der Waals surface area contributed by atoms with Crippen LogP contribution in [0.4, 0.5) is 10.5 Å². The van der Waals surface area contributed by atoms with E-state index in [1.54, 1.807) is 24.3 Å². The van der Waals surface area contributed by atoms with E-state index in [1.165, 1.54) is 6.42 Å². The van der Waals surface area contributed by atoms with Crippen LogP contribution in [-0.2, 0) is 0 Å². The Labute approximate surface area is 135 Å². The summed E-state index contributed by atoms with van der Waals surface area (Å²) < 4.78 is 0. The van der Waals surface area contributed by atoms with Gasteiger partial charge in [0, 0.05) is 36.4 Å². The van der Waals surface area contributed by atoms with E-state index in [9.17, 15) is 9.59 Å². The lowest BCUT2D eigenvalue weighted by Crippen LogP contribution is -2.39. The van der Waals surface area contributed by atoms with Crippen molar-refractivity contribution in [3.63, 3.8) is 0 Å². The second-order valence-corrected chi connectivity index (χ2v) is 5.75. The number of urea groups is 1. The molecular weight excluding hydrogens is 304 g/mol. The molecule has 0 aliphatic carbocycles. The molecule has 2 heterocycles. The van der Waals surface area contributed by atoms with Crippen molar-refractivity contribution < 1.29 is 9.59 Å². The number of amides is 3. The summed E-state index contributed by atoms with van der Waals surface area (Å²) in [6.07, 6.45) is 3.35. The van der Waals surface area contributed by atoms with Gasteiger partial charge in [0.15, 0.2) is 0 Å². The predicted molar refractivity (Wildman–Crippen MR) is 87.4 cm³/mol. The fourth-order valence-electron chi connectivity index (χ4n) is 3.18. The number of nitrogens with one attached hydrogen (secondary N) is 2. The second kappa shape index (κ2) is 6.98. The highest BCUT2D eigenvalue weighted by Gasteiger charge is 2.31. The van der Waals surface area contributed by atoms with E-state index in [0.717, 1.165) is 25.9 Å². The summed E-state index contributed by atoms with van der Waals surface area (Å²) in [5.41, 5.74) is 6.23. The van der Waals surface area contributed by atoms with Crippen LogP contribution >= 0.6 is 12.4 Å². The SMILES string of the molecule is Cl.NC(=O)Nc1cccc(C(=O)N2CCC3CCC(C2)N3)c1. The van der Waals surface area contributed by atoms with Crippen molar-refractivity contribution in [2.45, 2.75) is 31.3 Å². The van der Waals surface area contributed by atoms with Gasteiger partial charge in [0.25, 0.3) is 5.91 Å². The molecule has 0 saturated carbocycles. The Morgan fingerprint density at radius 2 is 2.00 bits per heavy atom. The summed E-state index contributed by atoms with van der Waals surface area (Å²) in [7, 11) is 0. The van der Waals surface area contributed by atoms with Crippen LogP contribution in [-0.4, -0.2) is 42.0 Å². The molecule has 2 unspecified atom stereocenters. The van der Waals surface area contributed by atoms with Crippen molar-refractivity contribution in [2.24, 2.45) is 5.73 Å². The number of likely N-dealkylation sites (tertiary alicyclic amines) is 1. The first-order valence-electron chi connectivity index (χ1n) is 7.33. The van der Waals surface area contributed by atoms with E-state index in [0.29, 0.717) is 23.3 Å². The lowest BCUT2D eigenvalue weighted by molar-refractivity contribution is 0.0748. The molecule has 0 aromatic heterocycles. The molecule has 2 fully saturated rings. The highest BCUT2D eigenvalue weighted by Crippen LogP contribution is 2.22. The van der Waals surface area contributed by atoms with Gasteiger partial charge in [0.05, 0.1) is 0 Å². The summed E-state index contributed by atoms with van der Waals surface area (Å²) >= 11 is 0. The van der Waals surface area contributed by atoms with E-state index in [2.05, 4.69) is 10.6 Å². The van der Waals surface area contributed by atoms with Crippen molar-refractivity contribution >= 4 is 30.0 Å². The van der Waals surface area contributed by atoms with Crippen LogP contribution < -0.4 is 16.4 Å². The molecule has 7 heteroatoms. The van der Waals surface area contributed by atoms with Crippen molar-refractivity contribution in [1.82, 2.24) is 10.2 Å². The molecule has 2 aliphatic rings. The van der Waals surface area contributed by atoms with Gasteiger partial charge in [-0.15, -0.1) is 12.4 Å². The minimum absolute atomic E-state index is 0. The van der Waals surface area contributed by atoms with Crippen molar-refractivity contribution in [3.8, 4) is 0 Å². The zero-order valence-electron chi connectivity index (χ0n) is 12.2. The third-order valence-electron chi connectivity index (χ3n) is 4.19. The van der Waals surface area contributed by atoms with Crippen LogP contribution in [0.1, 0.15) is 29.6 Å². The molecule has 3 amide bonds. The number of hydrogen-bond donors (Lipinski definition) is 3. The number of primary amides is 1. The summed E-state index contributed by atoms with van der Waals surface area (Å²) in [6.45, 7) is 1.53. The molecule has 2 aliphatic heterocycles. The number of benzene rings is 1. The highest BCUT2D eigenvalue weighted by atomic mass is 35.5. The molecule has 2 saturated heterocycles. The van der Waals surface area contributed by atoms with Gasteiger partial charge in [-0.1, -0.05) is 6.07 Å². The Bertz CT molecular complexity index is 566. The summed E-state index contributed by atoms with van der Waals surface area (Å²) in [4.78, 5) is 25.4. The summed E-state index contributed by atoms with van der Waals surface area (Å²) in [5, 5.41) is 6.06. The Kier molecular flexibility index (Phi) is 5.26. The van der Waals surface area contributed by atoms with Gasteiger partial charge in [-0.2, -0.15) is 0 Å². The molecule has 22 heavy (non-hydrogen) atoms. The van der Waals surface area contributed by atoms with Crippen LogP contribution in [0.2, 0.25) is 0 Å². The zero-order chi connectivity index (χ0) is 14.8. The molecule has 6 nitrogen and oxygen atoms in total. The zero-order valence-corrected chi connectivity index (χ0v) is 13.1. The lowest BCUT2D eigenvalue weighted by Gasteiger charge is -2.24. The predicted octanol–water partition coefficient (Wildman–Crippen LogP) is 1.57.